The molecule has 2 N–H and O–H groups in total. The maximum atomic E-state index is 6.44. The van der Waals surface area contributed by atoms with Crippen molar-refractivity contribution in [3.8, 4) is 0 Å². The van der Waals surface area contributed by atoms with Crippen LogP contribution in [-0.4, -0.2) is 10.5 Å². The number of rotatable bonds is 4. The minimum atomic E-state index is 0.172. The van der Waals surface area contributed by atoms with Crippen LogP contribution in [0.3, 0.4) is 0 Å². The molecule has 1 saturated heterocycles. The fourth-order valence-corrected chi connectivity index (χ4v) is 3.94. The topological polar surface area (TPSA) is 26.0 Å². The van der Waals surface area contributed by atoms with Gasteiger partial charge < -0.3 is 5.73 Å². The molecule has 2 heteroatoms. The van der Waals surface area contributed by atoms with E-state index in [2.05, 4.69) is 38.1 Å². The lowest BCUT2D eigenvalue weighted by molar-refractivity contribution is 0.502. The fourth-order valence-electron chi connectivity index (χ4n) is 2.58. The lowest BCUT2D eigenvalue weighted by Crippen LogP contribution is -2.33. The molecule has 17 heavy (non-hydrogen) atoms. The van der Waals surface area contributed by atoms with E-state index in [0.29, 0.717) is 0 Å². The van der Waals surface area contributed by atoms with Gasteiger partial charge in [-0.1, -0.05) is 37.6 Å². The Bertz CT molecular complexity index is 352. The fraction of sp³-hybridized carbons (Fsp3) is 0.600. The highest BCUT2D eigenvalue weighted by Gasteiger charge is 2.36. The molecule has 1 nitrogen and oxygen atoms in total. The second kappa shape index (κ2) is 5.45. The number of hydrogen-bond acceptors (Lipinski definition) is 2. The van der Waals surface area contributed by atoms with Gasteiger partial charge in [0, 0.05) is 10.8 Å². The average Bonchev–Trinajstić information content (AvgIpc) is 2.78. The van der Waals surface area contributed by atoms with Crippen molar-refractivity contribution in [3.05, 3.63) is 35.4 Å². The molecule has 94 valence electrons. The molecule has 1 fully saturated rings. The SMILES string of the molecule is CCCc1ccc(C(N)C2(C)CCCS2)cc1. The molecule has 0 saturated carbocycles. The van der Waals surface area contributed by atoms with Crippen molar-refractivity contribution in [1.82, 2.24) is 0 Å². The zero-order valence-electron chi connectivity index (χ0n) is 10.9. The summed E-state index contributed by atoms with van der Waals surface area (Å²) in [4.78, 5) is 0. The van der Waals surface area contributed by atoms with Gasteiger partial charge in [-0.3, -0.25) is 0 Å². The van der Waals surface area contributed by atoms with Gasteiger partial charge in [0.05, 0.1) is 0 Å². The highest BCUT2D eigenvalue weighted by molar-refractivity contribution is 8.00. The summed E-state index contributed by atoms with van der Waals surface area (Å²) in [6.07, 6.45) is 4.93. The van der Waals surface area contributed by atoms with Crippen LogP contribution in [0.25, 0.3) is 0 Å². The summed E-state index contributed by atoms with van der Waals surface area (Å²) in [6, 6.07) is 9.09. The van der Waals surface area contributed by atoms with Crippen molar-refractivity contribution < 1.29 is 0 Å². The second-order valence-corrected chi connectivity index (χ2v) is 6.86. The maximum absolute atomic E-state index is 6.44. The lowest BCUT2D eigenvalue weighted by atomic mass is 9.90. The summed E-state index contributed by atoms with van der Waals surface area (Å²) in [5.74, 6) is 1.26. The van der Waals surface area contributed by atoms with E-state index in [1.807, 2.05) is 11.8 Å². The lowest BCUT2D eigenvalue weighted by Gasteiger charge is -2.30. The van der Waals surface area contributed by atoms with E-state index in [9.17, 15) is 0 Å². The molecular weight excluding hydrogens is 226 g/mol. The first-order valence-corrected chi connectivity index (χ1v) is 7.62. The van der Waals surface area contributed by atoms with Crippen LogP contribution in [-0.2, 0) is 6.42 Å². The molecule has 0 spiro atoms. The third kappa shape index (κ3) is 2.86. The average molecular weight is 249 g/mol. The smallest absolute Gasteiger partial charge is 0.0441 e. The van der Waals surface area contributed by atoms with Crippen molar-refractivity contribution in [2.24, 2.45) is 5.73 Å². The third-order valence-corrected chi connectivity index (χ3v) is 5.40. The molecule has 2 atom stereocenters. The standard InChI is InChI=1S/C15H23NS/c1-3-5-12-6-8-13(9-7-12)14(16)15(2)10-4-11-17-15/h6-9,14H,3-5,10-11,16H2,1-2H3. The molecule has 0 bridgehead atoms. The van der Waals surface area contributed by atoms with Crippen molar-refractivity contribution in [3.63, 3.8) is 0 Å². The normalized spacial score (nSPS) is 26.1. The Morgan fingerprint density at radius 3 is 2.59 bits per heavy atom. The monoisotopic (exact) mass is 249 g/mol. The number of hydrogen-bond donors (Lipinski definition) is 1. The molecule has 0 radical (unpaired) electrons. The third-order valence-electron chi connectivity index (χ3n) is 3.78. The zero-order chi connectivity index (χ0) is 12.3. The summed E-state index contributed by atoms with van der Waals surface area (Å²) >= 11 is 2.04. The minimum Gasteiger partial charge on any atom is -0.323 e. The van der Waals surface area contributed by atoms with Gasteiger partial charge in [-0.2, -0.15) is 11.8 Å². The van der Waals surface area contributed by atoms with E-state index in [0.717, 1.165) is 0 Å². The number of aryl methyl sites for hydroxylation is 1. The Balaban J connectivity index is 2.11. The molecule has 1 aliphatic rings. The quantitative estimate of drug-likeness (QED) is 0.875. The molecule has 0 aromatic heterocycles. The maximum Gasteiger partial charge on any atom is 0.0441 e. The van der Waals surface area contributed by atoms with Gasteiger partial charge in [-0.25, -0.2) is 0 Å². The van der Waals surface area contributed by atoms with Crippen molar-refractivity contribution in [1.29, 1.82) is 0 Å². The summed E-state index contributed by atoms with van der Waals surface area (Å²) < 4.78 is 0.242. The van der Waals surface area contributed by atoms with Crippen LogP contribution in [0.1, 0.15) is 50.3 Å². The van der Waals surface area contributed by atoms with E-state index in [-0.39, 0.29) is 10.8 Å². The van der Waals surface area contributed by atoms with Gasteiger partial charge >= 0.3 is 0 Å². The largest absolute Gasteiger partial charge is 0.323 e. The first kappa shape index (κ1) is 13.0. The van der Waals surface area contributed by atoms with Crippen LogP contribution < -0.4 is 5.73 Å². The predicted molar refractivity (Wildman–Crippen MR) is 77.5 cm³/mol. The number of thioether (sulfide) groups is 1. The second-order valence-electron chi connectivity index (χ2n) is 5.23. The van der Waals surface area contributed by atoms with Crippen molar-refractivity contribution in [2.75, 3.05) is 5.75 Å². The summed E-state index contributed by atoms with van der Waals surface area (Å²) in [5.41, 5.74) is 9.15. The molecule has 1 heterocycles. The van der Waals surface area contributed by atoms with Crippen LogP contribution in [0.15, 0.2) is 24.3 Å². The van der Waals surface area contributed by atoms with Crippen LogP contribution in [0.4, 0.5) is 0 Å². The molecular formula is C15H23NS. The first-order chi connectivity index (χ1) is 8.15. The van der Waals surface area contributed by atoms with Crippen molar-refractivity contribution in [2.45, 2.75) is 50.3 Å². The Kier molecular flexibility index (Phi) is 4.16. The minimum absolute atomic E-state index is 0.172. The molecule has 1 aromatic rings. The van der Waals surface area contributed by atoms with E-state index in [1.165, 1.54) is 42.6 Å². The summed E-state index contributed by atoms with van der Waals surface area (Å²) in [7, 11) is 0. The van der Waals surface area contributed by atoms with Crippen molar-refractivity contribution >= 4 is 11.8 Å². The molecule has 0 aliphatic carbocycles. The molecule has 1 aliphatic heterocycles. The van der Waals surface area contributed by atoms with Crippen LogP contribution in [0, 0.1) is 0 Å². The van der Waals surface area contributed by atoms with E-state index in [1.54, 1.807) is 0 Å². The van der Waals surface area contributed by atoms with Gasteiger partial charge in [0.1, 0.15) is 0 Å². The molecule has 0 amide bonds. The molecule has 2 unspecified atom stereocenters. The predicted octanol–water partition coefficient (Wildman–Crippen LogP) is 3.92. The number of nitrogens with two attached hydrogens (primary N) is 1. The first-order valence-electron chi connectivity index (χ1n) is 6.64. The van der Waals surface area contributed by atoms with Crippen LogP contribution in [0.2, 0.25) is 0 Å². The molecule has 2 rings (SSSR count). The Morgan fingerprint density at radius 1 is 1.35 bits per heavy atom. The van der Waals surface area contributed by atoms with E-state index >= 15 is 0 Å². The Morgan fingerprint density at radius 2 is 2.06 bits per heavy atom. The highest BCUT2D eigenvalue weighted by Crippen LogP contribution is 2.45. The van der Waals surface area contributed by atoms with Gasteiger partial charge in [-0.05, 0) is 43.1 Å². The van der Waals surface area contributed by atoms with Gasteiger partial charge in [0.2, 0.25) is 0 Å². The highest BCUT2D eigenvalue weighted by atomic mass is 32.2. The van der Waals surface area contributed by atoms with Crippen LogP contribution >= 0.6 is 11.8 Å². The van der Waals surface area contributed by atoms with E-state index in [4.69, 9.17) is 5.73 Å². The zero-order valence-corrected chi connectivity index (χ0v) is 11.7. The van der Waals surface area contributed by atoms with Gasteiger partial charge in [0.15, 0.2) is 0 Å². The Hall–Kier alpha value is -0.470. The Labute approximate surface area is 109 Å². The van der Waals surface area contributed by atoms with Gasteiger partial charge in [-0.15, -0.1) is 0 Å². The number of benzene rings is 1. The summed E-state index contributed by atoms with van der Waals surface area (Å²) in [5, 5.41) is 0. The van der Waals surface area contributed by atoms with Gasteiger partial charge in [0.25, 0.3) is 0 Å². The summed E-state index contributed by atoms with van der Waals surface area (Å²) in [6.45, 7) is 4.53. The van der Waals surface area contributed by atoms with E-state index < -0.39 is 0 Å². The van der Waals surface area contributed by atoms with Crippen LogP contribution in [0.5, 0.6) is 0 Å². The molecule has 1 aromatic carbocycles.